The maximum Gasteiger partial charge on any atom is 0.243 e. The molecule has 0 aliphatic rings. The molecule has 2 aromatic rings. The summed E-state index contributed by atoms with van der Waals surface area (Å²) in [7, 11) is -3.92. The van der Waals surface area contributed by atoms with Crippen molar-refractivity contribution >= 4 is 21.4 Å². The van der Waals surface area contributed by atoms with Crippen LogP contribution in [-0.2, 0) is 16.6 Å². The minimum Gasteiger partial charge on any atom is -0.320 e. The van der Waals surface area contributed by atoms with E-state index in [1.165, 1.54) is 23.5 Å². The van der Waals surface area contributed by atoms with Gasteiger partial charge in [-0.1, -0.05) is 11.8 Å². The van der Waals surface area contributed by atoms with Crippen LogP contribution in [0, 0.1) is 17.7 Å². The van der Waals surface area contributed by atoms with E-state index in [1.54, 1.807) is 11.7 Å². The first-order valence-electron chi connectivity index (χ1n) is 5.88. The number of thiazole rings is 1. The van der Waals surface area contributed by atoms with E-state index in [2.05, 4.69) is 21.5 Å². The van der Waals surface area contributed by atoms with E-state index in [9.17, 15) is 12.8 Å². The van der Waals surface area contributed by atoms with E-state index in [4.69, 9.17) is 5.73 Å². The summed E-state index contributed by atoms with van der Waals surface area (Å²) >= 11 is 1.31. The number of hydrogen-bond donors (Lipinski definition) is 2. The van der Waals surface area contributed by atoms with Crippen LogP contribution in [0.15, 0.2) is 34.8 Å². The zero-order chi connectivity index (χ0) is 15.3. The van der Waals surface area contributed by atoms with E-state index in [0.717, 1.165) is 10.9 Å². The van der Waals surface area contributed by atoms with Crippen LogP contribution in [0.5, 0.6) is 0 Å². The molecule has 2 rings (SSSR count). The Morgan fingerprint density at radius 1 is 1.43 bits per heavy atom. The summed E-state index contributed by atoms with van der Waals surface area (Å²) in [6.07, 6.45) is 1.55. The predicted molar refractivity (Wildman–Crippen MR) is 78.5 cm³/mol. The molecule has 0 spiro atoms. The van der Waals surface area contributed by atoms with Crippen LogP contribution in [0.2, 0.25) is 0 Å². The summed E-state index contributed by atoms with van der Waals surface area (Å²) in [5, 5.41) is 0. The molecule has 0 radical (unpaired) electrons. The number of nitrogens with one attached hydrogen (secondary N) is 1. The lowest BCUT2D eigenvalue weighted by Gasteiger charge is -2.06. The first kappa shape index (κ1) is 15.6. The van der Waals surface area contributed by atoms with Crippen molar-refractivity contribution in [2.45, 2.75) is 11.4 Å². The maximum atomic E-state index is 13.9. The highest BCUT2D eigenvalue weighted by Crippen LogP contribution is 2.16. The summed E-state index contributed by atoms with van der Waals surface area (Å²) in [6.45, 7) is 0.221. The molecule has 8 heteroatoms. The number of sulfonamides is 1. The van der Waals surface area contributed by atoms with Gasteiger partial charge in [-0.15, -0.1) is 11.3 Å². The highest BCUT2D eigenvalue weighted by molar-refractivity contribution is 7.89. The Kier molecular flexibility index (Phi) is 5.03. The molecule has 110 valence electrons. The molecule has 21 heavy (non-hydrogen) atoms. The fourth-order valence-corrected chi connectivity index (χ4v) is 3.21. The molecule has 5 nitrogen and oxygen atoms in total. The van der Waals surface area contributed by atoms with Gasteiger partial charge in [0.1, 0.15) is 10.7 Å². The number of benzene rings is 1. The number of aromatic nitrogens is 1. The quantitative estimate of drug-likeness (QED) is 0.824. The number of halogens is 1. The second-order valence-corrected chi connectivity index (χ2v) is 6.65. The second kappa shape index (κ2) is 6.78. The molecular weight excluding hydrogens is 313 g/mol. The van der Waals surface area contributed by atoms with Gasteiger partial charge in [0.05, 0.1) is 12.1 Å². The average Bonchev–Trinajstić information content (AvgIpc) is 2.96. The minimum atomic E-state index is -3.92. The smallest absolute Gasteiger partial charge is 0.243 e. The number of nitrogens with two attached hydrogens (primary N) is 1. The molecule has 0 unspecified atom stereocenters. The third kappa shape index (κ3) is 4.09. The normalized spacial score (nSPS) is 11.0. The lowest BCUT2D eigenvalue weighted by atomic mass is 10.2. The molecule has 0 fully saturated rings. The van der Waals surface area contributed by atoms with Crippen molar-refractivity contribution in [3.05, 3.63) is 46.2 Å². The number of rotatable bonds is 4. The summed E-state index contributed by atoms with van der Waals surface area (Å²) < 4.78 is 40.3. The predicted octanol–water partition coefficient (Wildman–Crippen LogP) is 1.07. The van der Waals surface area contributed by atoms with Crippen molar-refractivity contribution < 1.29 is 12.8 Å². The first-order chi connectivity index (χ1) is 10.0. The molecule has 0 bridgehead atoms. The molecule has 0 atom stereocenters. The van der Waals surface area contributed by atoms with Crippen molar-refractivity contribution in [1.29, 1.82) is 0 Å². The molecule has 0 saturated carbocycles. The zero-order valence-electron chi connectivity index (χ0n) is 10.8. The molecule has 0 aliphatic carbocycles. The van der Waals surface area contributed by atoms with Crippen molar-refractivity contribution in [1.82, 2.24) is 9.71 Å². The van der Waals surface area contributed by atoms with Crippen LogP contribution in [0.25, 0.3) is 0 Å². The Morgan fingerprint density at radius 2 is 2.24 bits per heavy atom. The summed E-state index contributed by atoms with van der Waals surface area (Å²) in [5.74, 6) is 4.36. The third-order valence-electron chi connectivity index (χ3n) is 2.48. The van der Waals surface area contributed by atoms with Gasteiger partial charge in [0.25, 0.3) is 0 Å². The van der Waals surface area contributed by atoms with Crippen molar-refractivity contribution in [3.8, 4) is 11.8 Å². The van der Waals surface area contributed by atoms with Crippen LogP contribution < -0.4 is 10.5 Å². The number of nitrogens with zero attached hydrogens (tertiary/aromatic N) is 1. The molecule has 0 aliphatic heterocycles. The van der Waals surface area contributed by atoms with Crippen LogP contribution in [0.1, 0.15) is 10.4 Å². The van der Waals surface area contributed by atoms with Crippen molar-refractivity contribution in [2.75, 3.05) is 6.54 Å². The second-order valence-electron chi connectivity index (χ2n) is 3.94. The van der Waals surface area contributed by atoms with Crippen LogP contribution in [0.4, 0.5) is 4.39 Å². The van der Waals surface area contributed by atoms with E-state index in [-0.39, 0.29) is 13.1 Å². The Morgan fingerprint density at radius 3 is 2.86 bits per heavy atom. The van der Waals surface area contributed by atoms with Gasteiger partial charge in [-0.3, -0.25) is 4.98 Å². The Hall–Kier alpha value is -1.79. The summed E-state index contributed by atoms with van der Waals surface area (Å²) in [5.41, 5.74) is 7.19. The van der Waals surface area contributed by atoms with Gasteiger partial charge in [-0.25, -0.2) is 17.5 Å². The minimum absolute atomic E-state index is 0.0706. The molecule has 1 aromatic heterocycles. The zero-order valence-corrected chi connectivity index (χ0v) is 12.5. The fraction of sp³-hybridized carbons (Fsp3) is 0.154. The van der Waals surface area contributed by atoms with Gasteiger partial charge in [-0.2, -0.15) is 0 Å². The lowest BCUT2D eigenvalue weighted by Crippen LogP contribution is -2.23. The Labute approximate surface area is 126 Å². The average molecular weight is 325 g/mol. The molecule has 1 heterocycles. The largest absolute Gasteiger partial charge is 0.320 e. The third-order valence-corrected chi connectivity index (χ3v) is 4.69. The van der Waals surface area contributed by atoms with Gasteiger partial charge in [-0.05, 0) is 18.2 Å². The Bertz CT molecular complexity index is 777. The molecule has 3 N–H and O–H groups in total. The standard InChI is InChI=1S/C13H12FN3O2S2/c14-12-6-10(2-1-5-15)3-4-13(12)21(18,19)17-8-11-7-16-9-20-11/h3-4,6-7,9,17H,5,8,15H2. The van der Waals surface area contributed by atoms with Gasteiger partial charge in [0, 0.05) is 23.2 Å². The summed E-state index contributed by atoms with van der Waals surface area (Å²) in [6, 6.07) is 3.70. The van der Waals surface area contributed by atoms with Crippen molar-refractivity contribution in [2.24, 2.45) is 5.73 Å². The molecular formula is C13H12FN3O2S2. The van der Waals surface area contributed by atoms with Crippen LogP contribution >= 0.6 is 11.3 Å². The fourth-order valence-electron chi connectivity index (χ4n) is 1.52. The van der Waals surface area contributed by atoms with Crippen LogP contribution in [0.3, 0.4) is 0 Å². The van der Waals surface area contributed by atoms with Gasteiger partial charge in [0.15, 0.2) is 0 Å². The topological polar surface area (TPSA) is 85.1 Å². The molecule has 0 amide bonds. The highest BCUT2D eigenvalue weighted by atomic mass is 32.2. The van der Waals surface area contributed by atoms with E-state index < -0.39 is 20.7 Å². The van der Waals surface area contributed by atoms with E-state index in [1.807, 2.05) is 0 Å². The molecule has 1 aromatic carbocycles. The lowest BCUT2D eigenvalue weighted by molar-refractivity contribution is 0.557. The van der Waals surface area contributed by atoms with E-state index >= 15 is 0 Å². The maximum absolute atomic E-state index is 13.9. The van der Waals surface area contributed by atoms with Crippen LogP contribution in [-0.4, -0.2) is 19.9 Å². The van der Waals surface area contributed by atoms with Gasteiger partial charge < -0.3 is 5.73 Å². The van der Waals surface area contributed by atoms with E-state index in [0.29, 0.717) is 5.56 Å². The van der Waals surface area contributed by atoms with Gasteiger partial charge >= 0.3 is 0 Å². The SMILES string of the molecule is NCC#Cc1ccc(S(=O)(=O)NCc2cncs2)c(F)c1. The monoisotopic (exact) mass is 325 g/mol. The molecule has 0 saturated heterocycles. The summed E-state index contributed by atoms with van der Waals surface area (Å²) in [4.78, 5) is 4.17. The highest BCUT2D eigenvalue weighted by Gasteiger charge is 2.19. The first-order valence-corrected chi connectivity index (χ1v) is 8.25. The van der Waals surface area contributed by atoms with Gasteiger partial charge in [0.2, 0.25) is 10.0 Å². The number of hydrogen-bond acceptors (Lipinski definition) is 5. The van der Waals surface area contributed by atoms with Crippen molar-refractivity contribution in [3.63, 3.8) is 0 Å². The Balaban J connectivity index is 2.19.